The van der Waals surface area contributed by atoms with Crippen LogP contribution in [0.1, 0.15) is 24.2 Å². The molecule has 172 valence electrons. The minimum atomic E-state index is -3.62. The molecule has 1 heterocycles. The Labute approximate surface area is 187 Å². The van der Waals surface area contributed by atoms with Crippen molar-refractivity contribution in [2.75, 3.05) is 33.0 Å². The molecule has 0 unspecified atom stereocenters. The van der Waals surface area contributed by atoms with Crippen molar-refractivity contribution >= 4 is 32.7 Å². The third kappa shape index (κ3) is 4.93. The van der Waals surface area contributed by atoms with E-state index >= 15 is 0 Å². The molecule has 1 amide bonds. The summed E-state index contributed by atoms with van der Waals surface area (Å²) in [5.74, 6) is -0.843. The van der Waals surface area contributed by atoms with Crippen LogP contribution in [0.3, 0.4) is 0 Å². The molecule has 0 aliphatic rings. The molecular weight excluding hydrogens is 432 g/mol. The lowest BCUT2D eigenvalue weighted by atomic mass is 10.2. The van der Waals surface area contributed by atoms with Crippen molar-refractivity contribution in [2.24, 2.45) is 0 Å². The van der Waals surface area contributed by atoms with Gasteiger partial charge in [0.2, 0.25) is 10.0 Å². The number of hydrogen-bond donors (Lipinski definition) is 1. The lowest BCUT2D eigenvalue weighted by molar-refractivity contribution is 0.102. The molecule has 0 aliphatic carbocycles. The molecule has 1 N–H and O–H groups in total. The SMILES string of the molecule is CC(C)N(C)S(=O)(=O)c1ccc(C(=O)Nc2ccc3oc(=O)n(CCN(C)C)c3c2)cc1. The molecule has 0 fully saturated rings. The Morgan fingerprint density at radius 2 is 1.75 bits per heavy atom. The van der Waals surface area contributed by atoms with E-state index in [4.69, 9.17) is 4.42 Å². The number of nitrogens with zero attached hydrogens (tertiary/aromatic N) is 3. The maximum Gasteiger partial charge on any atom is 0.419 e. The molecule has 0 bridgehead atoms. The van der Waals surface area contributed by atoms with E-state index in [1.165, 1.54) is 40.2 Å². The molecule has 32 heavy (non-hydrogen) atoms. The Hall–Kier alpha value is -2.95. The first-order valence-corrected chi connectivity index (χ1v) is 11.6. The molecule has 3 aromatic rings. The average molecular weight is 461 g/mol. The van der Waals surface area contributed by atoms with Crippen LogP contribution in [0.5, 0.6) is 0 Å². The quantitative estimate of drug-likeness (QED) is 0.554. The zero-order valence-corrected chi connectivity index (χ0v) is 19.6. The number of anilines is 1. The zero-order chi connectivity index (χ0) is 23.6. The summed E-state index contributed by atoms with van der Waals surface area (Å²) in [5.41, 5.74) is 1.84. The van der Waals surface area contributed by atoms with Crippen LogP contribution in [0, 0.1) is 0 Å². The Balaban J connectivity index is 1.81. The highest BCUT2D eigenvalue weighted by atomic mass is 32.2. The minimum Gasteiger partial charge on any atom is -0.408 e. The molecule has 1 aromatic heterocycles. The van der Waals surface area contributed by atoms with Gasteiger partial charge in [-0.3, -0.25) is 9.36 Å². The number of carbonyl (C=O) groups is 1. The number of hydrogen-bond acceptors (Lipinski definition) is 6. The fraction of sp³-hybridized carbons (Fsp3) is 0.364. The third-order valence-corrected chi connectivity index (χ3v) is 7.26. The molecule has 9 nitrogen and oxygen atoms in total. The van der Waals surface area contributed by atoms with Gasteiger partial charge in [0, 0.05) is 37.4 Å². The van der Waals surface area contributed by atoms with E-state index < -0.39 is 21.7 Å². The van der Waals surface area contributed by atoms with Gasteiger partial charge in [-0.25, -0.2) is 13.2 Å². The summed E-state index contributed by atoms with van der Waals surface area (Å²) in [6, 6.07) is 10.6. The lowest BCUT2D eigenvalue weighted by Gasteiger charge is -2.21. The van der Waals surface area contributed by atoms with Crippen LogP contribution in [-0.2, 0) is 16.6 Å². The van der Waals surface area contributed by atoms with Gasteiger partial charge in [0.15, 0.2) is 5.58 Å². The second-order valence-corrected chi connectivity index (χ2v) is 10.1. The van der Waals surface area contributed by atoms with E-state index in [0.717, 1.165) is 0 Å². The molecule has 10 heteroatoms. The predicted octanol–water partition coefficient (Wildman–Crippen LogP) is 2.44. The molecule has 2 aromatic carbocycles. The summed E-state index contributed by atoms with van der Waals surface area (Å²) < 4.78 is 33.2. The van der Waals surface area contributed by atoms with Gasteiger partial charge in [0.1, 0.15) is 0 Å². The number of aromatic nitrogens is 1. The monoisotopic (exact) mass is 460 g/mol. The fourth-order valence-electron chi connectivity index (χ4n) is 3.08. The van der Waals surface area contributed by atoms with Crippen LogP contribution in [0.15, 0.2) is 56.6 Å². The summed E-state index contributed by atoms with van der Waals surface area (Å²) in [4.78, 5) is 26.9. The molecule has 0 aliphatic heterocycles. The highest BCUT2D eigenvalue weighted by Crippen LogP contribution is 2.21. The van der Waals surface area contributed by atoms with Crippen molar-refractivity contribution in [3.63, 3.8) is 0 Å². The summed E-state index contributed by atoms with van der Waals surface area (Å²) >= 11 is 0. The number of fused-ring (bicyclic) bond motifs is 1. The van der Waals surface area contributed by atoms with Gasteiger partial charge in [-0.15, -0.1) is 0 Å². The van der Waals surface area contributed by atoms with Crippen molar-refractivity contribution in [2.45, 2.75) is 31.3 Å². The number of nitrogens with one attached hydrogen (secondary N) is 1. The largest absolute Gasteiger partial charge is 0.419 e. The first-order valence-electron chi connectivity index (χ1n) is 10.2. The van der Waals surface area contributed by atoms with Gasteiger partial charge in [0.05, 0.1) is 10.4 Å². The number of benzene rings is 2. The molecule has 0 spiro atoms. The van der Waals surface area contributed by atoms with Crippen molar-refractivity contribution in [1.29, 1.82) is 0 Å². The number of oxazole rings is 1. The second kappa shape index (κ2) is 9.27. The van der Waals surface area contributed by atoms with Crippen molar-refractivity contribution in [3.8, 4) is 0 Å². The van der Waals surface area contributed by atoms with Gasteiger partial charge < -0.3 is 14.6 Å². The van der Waals surface area contributed by atoms with E-state index in [1.807, 2.05) is 19.0 Å². The summed E-state index contributed by atoms with van der Waals surface area (Å²) in [6.45, 7) is 4.69. The fourth-order valence-corrected chi connectivity index (χ4v) is 4.44. The topological polar surface area (TPSA) is 105 Å². The number of likely N-dealkylation sites (N-methyl/N-ethyl adjacent to an activating group) is 1. The van der Waals surface area contributed by atoms with Crippen molar-refractivity contribution < 1.29 is 17.6 Å². The van der Waals surface area contributed by atoms with Gasteiger partial charge in [-0.1, -0.05) is 0 Å². The van der Waals surface area contributed by atoms with Crippen LogP contribution in [0.25, 0.3) is 11.1 Å². The van der Waals surface area contributed by atoms with Crippen LogP contribution in [0.2, 0.25) is 0 Å². The summed E-state index contributed by atoms with van der Waals surface area (Å²) in [6.07, 6.45) is 0. The van der Waals surface area contributed by atoms with E-state index in [2.05, 4.69) is 5.32 Å². The first-order chi connectivity index (χ1) is 15.0. The summed E-state index contributed by atoms with van der Waals surface area (Å²) in [5, 5.41) is 2.78. The normalized spacial score (nSPS) is 12.2. The maximum absolute atomic E-state index is 12.7. The first kappa shape index (κ1) is 23.7. The van der Waals surface area contributed by atoms with Gasteiger partial charge in [-0.2, -0.15) is 4.31 Å². The van der Waals surface area contributed by atoms with Crippen molar-refractivity contribution in [3.05, 3.63) is 58.6 Å². The van der Waals surface area contributed by atoms with E-state index in [9.17, 15) is 18.0 Å². The Bertz CT molecular complexity index is 1270. The zero-order valence-electron chi connectivity index (χ0n) is 18.8. The number of sulfonamides is 1. The van der Waals surface area contributed by atoms with Crippen LogP contribution in [-0.4, -0.2) is 61.8 Å². The van der Waals surface area contributed by atoms with E-state index in [1.54, 1.807) is 32.0 Å². The number of amides is 1. The number of rotatable bonds is 8. The Morgan fingerprint density at radius 1 is 1.09 bits per heavy atom. The highest BCUT2D eigenvalue weighted by molar-refractivity contribution is 7.89. The Morgan fingerprint density at radius 3 is 2.34 bits per heavy atom. The van der Waals surface area contributed by atoms with E-state index in [0.29, 0.717) is 35.4 Å². The standard InChI is InChI=1S/C22H28N4O5S/c1-15(2)25(5)32(29,30)18-9-6-16(7-10-18)21(27)23-17-8-11-20-19(14-17)26(22(28)31-20)13-12-24(3)4/h6-11,14-15H,12-13H2,1-5H3,(H,23,27). The molecule has 0 saturated heterocycles. The lowest BCUT2D eigenvalue weighted by Crippen LogP contribution is -2.33. The van der Waals surface area contributed by atoms with Crippen LogP contribution in [0.4, 0.5) is 5.69 Å². The minimum absolute atomic E-state index is 0.120. The Kier molecular flexibility index (Phi) is 6.87. The van der Waals surface area contributed by atoms with Gasteiger partial charge in [0.25, 0.3) is 5.91 Å². The predicted molar refractivity (Wildman–Crippen MR) is 124 cm³/mol. The van der Waals surface area contributed by atoms with Crippen LogP contribution >= 0.6 is 0 Å². The molecular formula is C22H28N4O5S. The highest BCUT2D eigenvalue weighted by Gasteiger charge is 2.23. The number of carbonyl (C=O) groups excluding carboxylic acids is 1. The molecule has 0 saturated carbocycles. The smallest absolute Gasteiger partial charge is 0.408 e. The van der Waals surface area contributed by atoms with Gasteiger partial charge >= 0.3 is 5.76 Å². The molecule has 0 atom stereocenters. The van der Waals surface area contributed by atoms with Gasteiger partial charge in [-0.05, 0) is 70.4 Å². The molecule has 0 radical (unpaired) electrons. The van der Waals surface area contributed by atoms with E-state index in [-0.39, 0.29) is 10.9 Å². The van der Waals surface area contributed by atoms with Crippen LogP contribution < -0.4 is 11.1 Å². The van der Waals surface area contributed by atoms with Crippen molar-refractivity contribution in [1.82, 2.24) is 13.8 Å². The summed E-state index contributed by atoms with van der Waals surface area (Å²) in [7, 11) is 1.72. The second-order valence-electron chi connectivity index (χ2n) is 8.10. The molecule has 3 rings (SSSR count). The maximum atomic E-state index is 12.7. The third-order valence-electron chi connectivity index (χ3n) is 5.22. The average Bonchev–Trinajstić information content (AvgIpc) is 3.05.